The quantitative estimate of drug-likeness (QED) is 0.894. The van der Waals surface area contributed by atoms with Crippen LogP contribution in [-0.2, 0) is 10.0 Å². The molecular formula is C13H21NO3S. The molecule has 0 spiro atoms. The molecule has 1 rings (SSSR count). The van der Waals surface area contributed by atoms with E-state index in [-0.39, 0.29) is 10.3 Å². The van der Waals surface area contributed by atoms with Gasteiger partial charge in [-0.05, 0) is 36.1 Å². The summed E-state index contributed by atoms with van der Waals surface area (Å²) in [4.78, 5) is 0.261. The van der Waals surface area contributed by atoms with Crippen LogP contribution in [0.1, 0.15) is 27.2 Å². The van der Waals surface area contributed by atoms with Crippen molar-refractivity contribution in [3.63, 3.8) is 0 Å². The molecule has 0 heterocycles. The van der Waals surface area contributed by atoms with E-state index in [0.29, 0.717) is 12.3 Å². The van der Waals surface area contributed by atoms with Gasteiger partial charge in [-0.1, -0.05) is 20.8 Å². The maximum absolute atomic E-state index is 12.0. The first kappa shape index (κ1) is 15.0. The van der Waals surface area contributed by atoms with Gasteiger partial charge in [0.05, 0.1) is 12.0 Å². The van der Waals surface area contributed by atoms with E-state index in [1.165, 1.54) is 12.1 Å². The third kappa shape index (κ3) is 4.66. The summed E-state index contributed by atoms with van der Waals surface area (Å²) in [5, 5.41) is 0. The molecule has 1 aromatic rings. The summed E-state index contributed by atoms with van der Waals surface area (Å²) >= 11 is 0. The van der Waals surface area contributed by atoms with Crippen LogP contribution in [0.3, 0.4) is 0 Å². The average Bonchev–Trinajstić information content (AvgIpc) is 2.27. The van der Waals surface area contributed by atoms with Gasteiger partial charge in [-0.25, -0.2) is 13.1 Å². The summed E-state index contributed by atoms with van der Waals surface area (Å²) < 4.78 is 31.5. The molecule has 0 aliphatic rings. The molecule has 0 atom stereocenters. The number of methoxy groups -OCH3 is 1. The van der Waals surface area contributed by atoms with Crippen molar-refractivity contribution in [2.45, 2.75) is 32.1 Å². The Hall–Kier alpha value is -1.07. The van der Waals surface area contributed by atoms with E-state index in [4.69, 9.17) is 4.74 Å². The Morgan fingerprint density at radius 3 is 2.17 bits per heavy atom. The maximum Gasteiger partial charge on any atom is 0.240 e. The molecule has 0 amide bonds. The van der Waals surface area contributed by atoms with E-state index in [0.717, 1.165) is 6.42 Å². The summed E-state index contributed by atoms with van der Waals surface area (Å²) in [7, 11) is -1.87. The second-order valence-electron chi connectivity index (χ2n) is 5.38. The first-order valence-electron chi connectivity index (χ1n) is 5.88. The van der Waals surface area contributed by atoms with Crippen molar-refractivity contribution < 1.29 is 13.2 Å². The topological polar surface area (TPSA) is 55.4 Å². The van der Waals surface area contributed by atoms with E-state index < -0.39 is 10.0 Å². The molecule has 1 aromatic carbocycles. The Morgan fingerprint density at radius 2 is 1.72 bits per heavy atom. The number of hydrogen-bond acceptors (Lipinski definition) is 3. The lowest BCUT2D eigenvalue weighted by Crippen LogP contribution is -2.27. The molecule has 0 saturated carbocycles. The van der Waals surface area contributed by atoms with E-state index in [9.17, 15) is 8.42 Å². The van der Waals surface area contributed by atoms with Crippen molar-refractivity contribution in [2.75, 3.05) is 13.7 Å². The van der Waals surface area contributed by atoms with Crippen molar-refractivity contribution in [2.24, 2.45) is 5.41 Å². The minimum atomic E-state index is -3.41. The van der Waals surface area contributed by atoms with Gasteiger partial charge >= 0.3 is 0 Å². The second-order valence-corrected chi connectivity index (χ2v) is 7.15. The lowest BCUT2D eigenvalue weighted by Gasteiger charge is -2.18. The van der Waals surface area contributed by atoms with Gasteiger partial charge < -0.3 is 4.74 Å². The van der Waals surface area contributed by atoms with E-state index in [2.05, 4.69) is 25.5 Å². The summed E-state index contributed by atoms with van der Waals surface area (Å²) in [6.07, 6.45) is 0.794. The predicted octanol–water partition coefficient (Wildman–Crippen LogP) is 2.41. The van der Waals surface area contributed by atoms with Crippen LogP contribution in [0, 0.1) is 5.41 Å². The Morgan fingerprint density at radius 1 is 1.17 bits per heavy atom. The number of hydrogen-bond donors (Lipinski definition) is 1. The van der Waals surface area contributed by atoms with Gasteiger partial charge in [-0.2, -0.15) is 0 Å². The fourth-order valence-electron chi connectivity index (χ4n) is 1.40. The molecule has 4 nitrogen and oxygen atoms in total. The first-order valence-corrected chi connectivity index (χ1v) is 7.37. The van der Waals surface area contributed by atoms with Crippen LogP contribution in [-0.4, -0.2) is 22.1 Å². The largest absolute Gasteiger partial charge is 0.497 e. The van der Waals surface area contributed by atoms with Crippen molar-refractivity contribution in [3.8, 4) is 5.75 Å². The lowest BCUT2D eigenvalue weighted by atomic mass is 9.93. The van der Waals surface area contributed by atoms with Gasteiger partial charge in [0.2, 0.25) is 10.0 Å². The average molecular weight is 271 g/mol. The van der Waals surface area contributed by atoms with Gasteiger partial charge in [0.1, 0.15) is 5.75 Å². The summed E-state index contributed by atoms with van der Waals surface area (Å²) in [6, 6.07) is 6.35. The van der Waals surface area contributed by atoms with Gasteiger partial charge in [-0.15, -0.1) is 0 Å². The van der Waals surface area contributed by atoms with Gasteiger partial charge in [0.25, 0.3) is 0 Å². The summed E-state index contributed by atoms with van der Waals surface area (Å²) in [6.45, 7) is 6.68. The smallest absolute Gasteiger partial charge is 0.240 e. The zero-order chi connectivity index (χ0) is 13.8. The van der Waals surface area contributed by atoms with Crippen LogP contribution >= 0.6 is 0 Å². The number of sulfonamides is 1. The molecule has 102 valence electrons. The summed E-state index contributed by atoms with van der Waals surface area (Å²) in [5.74, 6) is 0.642. The van der Waals surface area contributed by atoms with Crippen molar-refractivity contribution in [1.29, 1.82) is 0 Å². The highest BCUT2D eigenvalue weighted by Crippen LogP contribution is 2.18. The van der Waals surface area contributed by atoms with Gasteiger partial charge in [-0.3, -0.25) is 0 Å². The first-order chi connectivity index (χ1) is 8.24. The number of rotatable bonds is 5. The highest BCUT2D eigenvalue weighted by Gasteiger charge is 2.16. The van der Waals surface area contributed by atoms with Crippen LogP contribution in [0.25, 0.3) is 0 Å². The number of benzene rings is 1. The molecule has 1 N–H and O–H groups in total. The standard InChI is InChI=1S/C13H21NO3S/c1-13(2,3)9-10-14-18(15,16)12-7-5-11(17-4)6-8-12/h5-8,14H,9-10H2,1-4H3. The molecule has 5 heteroatoms. The Bertz CT molecular complexity index is 472. The number of nitrogens with one attached hydrogen (secondary N) is 1. The van der Waals surface area contributed by atoms with E-state index in [1.54, 1.807) is 19.2 Å². The molecule has 0 saturated heterocycles. The molecule has 0 bridgehead atoms. The Kier molecular flexibility index (Phi) is 4.76. The molecule has 18 heavy (non-hydrogen) atoms. The third-order valence-electron chi connectivity index (χ3n) is 2.54. The minimum Gasteiger partial charge on any atom is -0.497 e. The van der Waals surface area contributed by atoms with Crippen molar-refractivity contribution in [1.82, 2.24) is 4.72 Å². The van der Waals surface area contributed by atoms with Crippen LogP contribution < -0.4 is 9.46 Å². The molecule has 0 aliphatic carbocycles. The zero-order valence-corrected chi connectivity index (χ0v) is 12.2. The molecular weight excluding hydrogens is 250 g/mol. The van der Waals surface area contributed by atoms with Crippen LogP contribution in [0.2, 0.25) is 0 Å². The molecule has 0 radical (unpaired) electrons. The highest BCUT2D eigenvalue weighted by atomic mass is 32.2. The van der Waals surface area contributed by atoms with Crippen LogP contribution in [0.5, 0.6) is 5.75 Å². The minimum absolute atomic E-state index is 0.114. The second kappa shape index (κ2) is 5.71. The van der Waals surface area contributed by atoms with E-state index in [1.807, 2.05) is 0 Å². The van der Waals surface area contributed by atoms with Crippen molar-refractivity contribution >= 4 is 10.0 Å². The van der Waals surface area contributed by atoms with Gasteiger partial charge in [0, 0.05) is 6.54 Å². The third-order valence-corrected chi connectivity index (χ3v) is 4.01. The van der Waals surface area contributed by atoms with Gasteiger partial charge in [0.15, 0.2) is 0 Å². The Labute approximate surface area is 109 Å². The van der Waals surface area contributed by atoms with Crippen LogP contribution in [0.4, 0.5) is 0 Å². The fraction of sp³-hybridized carbons (Fsp3) is 0.538. The number of ether oxygens (including phenoxy) is 1. The van der Waals surface area contributed by atoms with Crippen LogP contribution in [0.15, 0.2) is 29.2 Å². The van der Waals surface area contributed by atoms with E-state index >= 15 is 0 Å². The molecule has 0 aromatic heterocycles. The highest BCUT2D eigenvalue weighted by molar-refractivity contribution is 7.89. The summed E-state index contributed by atoms with van der Waals surface area (Å²) in [5.41, 5.74) is 0.114. The van der Waals surface area contributed by atoms with Crippen molar-refractivity contribution in [3.05, 3.63) is 24.3 Å². The normalized spacial score (nSPS) is 12.4. The SMILES string of the molecule is COc1ccc(S(=O)(=O)NCCC(C)(C)C)cc1. The maximum atomic E-state index is 12.0. The molecule has 0 unspecified atom stereocenters. The fourth-order valence-corrected chi connectivity index (χ4v) is 2.43. The Balaban J connectivity index is 2.68. The zero-order valence-electron chi connectivity index (χ0n) is 11.4. The lowest BCUT2D eigenvalue weighted by molar-refractivity contribution is 0.378. The molecule has 0 fully saturated rings. The monoisotopic (exact) mass is 271 g/mol. The molecule has 0 aliphatic heterocycles. The predicted molar refractivity (Wildman–Crippen MR) is 72.3 cm³/mol.